The van der Waals surface area contributed by atoms with Crippen molar-refractivity contribution in [3.8, 4) is 0 Å². The summed E-state index contributed by atoms with van der Waals surface area (Å²) in [6, 6.07) is 8.26. The number of nitrogens with two attached hydrogens (primary N) is 1. The van der Waals surface area contributed by atoms with E-state index in [4.69, 9.17) is 5.73 Å². The SMILES string of the molecule is CC(=O)c1cccc(C2CC(CN)CCN2)c1. The van der Waals surface area contributed by atoms with Gasteiger partial charge in [0, 0.05) is 11.6 Å². The zero-order valence-corrected chi connectivity index (χ0v) is 10.3. The first kappa shape index (κ1) is 12.3. The first-order valence-corrected chi connectivity index (χ1v) is 6.25. The van der Waals surface area contributed by atoms with Crippen LogP contribution in [0.25, 0.3) is 0 Å². The molecule has 0 saturated carbocycles. The molecule has 3 heteroatoms. The van der Waals surface area contributed by atoms with Crippen LogP contribution >= 0.6 is 0 Å². The van der Waals surface area contributed by atoms with E-state index in [1.807, 2.05) is 18.2 Å². The highest BCUT2D eigenvalue weighted by Crippen LogP contribution is 2.27. The van der Waals surface area contributed by atoms with Crippen LogP contribution in [0.2, 0.25) is 0 Å². The molecule has 2 rings (SSSR count). The van der Waals surface area contributed by atoms with Crippen LogP contribution in [-0.2, 0) is 0 Å². The highest BCUT2D eigenvalue weighted by Gasteiger charge is 2.21. The van der Waals surface area contributed by atoms with Crippen molar-refractivity contribution in [1.82, 2.24) is 5.32 Å². The lowest BCUT2D eigenvalue weighted by atomic mass is 9.88. The van der Waals surface area contributed by atoms with Gasteiger partial charge < -0.3 is 11.1 Å². The number of hydrogen-bond donors (Lipinski definition) is 2. The third-order valence-corrected chi connectivity index (χ3v) is 3.54. The van der Waals surface area contributed by atoms with Crippen LogP contribution in [0.1, 0.15) is 41.7 Å². The van der Waals surface area contributed by atoms with Crippen LogP contribution in [0.4, 0.5) is 0 Å². The molecule has 1 aliphatic heterocycles. The van der Waals surface area contributed by atoms with Gasteiger partial charge in [0.25, 0.3) is 0 Å². The molecule has 1 aromatic carbocycles. The van der Waals surface area contributed by atoms with Crippen molar-refractivity contribution >= 4 is 5.78 Å². The van der Waals surface area contributed by atoms with Crippen molar-refractivity contribution in [1.29, 1.82) is 0 Å². The van der Waals surface area contributed by atoms with Crippen LogP contribution in [-0.4, -0.2) is 18.9 Å². The minimum atomic E-state index is 0.123. The maximum absolute atomic E-state index is 11.4. The van der Waals surface area contributed by atoms with Gasteiger partial charge in [-0.3, -0.25) is 4.79 Å². The first-order valence-electron chi connectivity index (χ1n) is 6.25. The molecule has 2 atom stereocenters. The highest BCUT2D eigenvalue weighted by atomic mass is 16.1. The predicted molar refractivity (Wildman–Crippen MR) is 69.0 cm³/mol. The molecule has 17 heavy (non-hydrogen) atoms. The van der Waals surface area contributed by atoms with Gasteiger partial charge in [0.1, 0.15) is 0 Å². The molecular weight excluding hydrogens is 212 g/mol. The van der Waals surface area contributed by atoms with Crippen LogP contribution in [0.15, 0.2) is 24.3 Å². The topological polar surface area (TPSA) is 55.1 Å². The molecule has 3 N–H and O–H groups in total. The van der Waals surface area contributed by atoms with Crippen molar-refractivity contribution in [2.24, 2.45) is 11.7 Å². The summed E-state index contributed by atoms with van der Waals surface area (Å²) in [7, 11) is 0. The number of rotatable bonds is 3. The van der Waals surface area contributed by atoms with Gasteiger partial charge in [0.2, 0.25) is 0 Å². The third-order valence-electron chi connectivity index (χ3n) is 3.54. The van der Waals surface area contributed by atoms with Crippen LogP contribution in [0.5, 0.6) is 0 Å². The van der Waals surface area contributed by atoms with Gasteiger partial charge in [-0.25, -0.2) is 0 Å². The van der Waals surface area contributed by atoms with Crippen LogP contribution < -0.4 is 11.1 Å². The summed E-state index contributed by atoms with van der Waals surface area (Å²) in [5.41, 5.74) is 7.74. The number of carbonyl (C=O) groups is 1. The van der Waals surface area contributed by atoms with Crippen LogP contribution in [0.3, 0.4) is 0 Å². The molecule has 0 spiro atoms. The zero-order chi connectivity index (χ0) is 12.3. The van der Waals surface area contributed by atoms with Gasteiger partial charge in [-0.05, 0) is 50.4 Å². The van der Waals surface area contributed by atoms with Crippen molar-refractivity contribution in [2.75, 3.05) is 13.1 Å². The number of piperidine rings is 1. The summed E-state index contributed by atoms with van der Waals surface area (Å²) in [6.45, 7) is 3.37. The largest absolute Gasteiger partial charge is 0.330 e. The fourth-order valence-electron chi connectivity index (χ4n) is 2.44. The molecule has 92 valence electrons. The van der Waals surface area contributed by atoms with E-state index in [1.54, 1.807) is 6.92 Å². The van der Waals surface area contributed by atoms with Gasteiger partial charge in [0.15, 0.2) is 5.78 Å². The quantitative estimate of drug-likeness (QED) is 0.782. The standard InChI is InChI=1S/C14H20N2O/c1-10(17)12-3-2-4-13(8-12)14-7-11(9-15)5-6-16-14/h2-4,8,11,14,16H,5-7,9,15H2,1H3. The number of nitrogens with one attached hydrogen (secondary N) is 1. The molecule has 1 heterocycles. The van der Waals surface area contributed by atoms with E-state index in [0.29, 0.717) is 12.0 Å². The van der Waals surface area contributed by atoms with Gasteiger partial charge in [-0.15, -0.1) is 0 Å². The molecule has 0 bridgehead atoms. The molecule has 1 fully saturated rings. The van der Waals surface area contributed by atoms with Gasteiger partial charge in [0.05, 0.1) is 0 Å². The van der Waals surface area contributed by atoms with E-state index >= 15 is 0 Å². The highest BCUT2D eigenvalue weighted by molar-refractivity contribution is 5.94. The Morgan fingerprint density at radius 1 is 1.53 bits per heavy atom. The Morgan fingerprint density at radius 2 is 2.35 bits per heavy atom. The van der Waals surface area contributed by atoms with Crippen molar-refractivity contribution in [3.63, 3.8) is 0 Å². The third kappa shape index (κ3) is 2.93. The summed E-state index contributed by atoms with van der Waals surface area (Å²) in [6.07, 6.45) is 2.22. The molecule has 1 saturated heterocycles. The number of hydrogen-bond acceptors (Lipinski definition) is 3. The minimum absolute atomic E-state index is 0.123. The van der Waals surface area contributed by atoms with Gasteiger partial charge in [-0.2, -0.15) is 0 Å². The van der Waals surface area contributed by atoms with Crippen LogP contribution in [0, 0.1) is 5.92 Å². The summed E-state index contributed by atoms with van der Waals surface area (Å²) >= 11 is 0. The molecule has 0 aromatic heterocycles. The second-order valence-corrected chi connectivity index (χ2v) is 4.81. The Labute approximate surface area is 102 Å². The summed E-state index contributed by atoms with van der Waals surface area (Å²) in [5, 5.41) is 3.50. The van der Waals surface area contributed by atoms with E-state index in [9.17, 15) is 4.79 Å². The Hall–Kier alpha value is -1.19. The van der Waals surface area contributed by atoms with E-state index < -0.39 is 0 Å². The molecule has 0 amide bonds. The summed E-state index contributed by atoms with van der Waals surface area (Å²) in [4.78, 5) is 11.4. The summed E-state index contributed by atoms with van der Waals surface area (Å²) in [5.74, 6) is 0.722. The Kier molecular flexibility index (Phi) is 3.92. The number of Topliss-reactive ketones (excluding diaryl/α,β-unsaturated/α-hetero) is 1. The van der Waals surface area contributed by atoms with E-state index in [2.05, 4.69) is 11.4 Å². The monoisotopic (exact) mass is 232 g/mol. The first-order chi connectivity index (χ1) is 8.20. The summed E-state index contributed by atoms with van der Waals surface area (Å²) < 4.78 is 0. The number of benzene rings is 1. The second kappa shape index (κ2) is 5.43. The maximum atomic E-state index is 11.4. The maximum Gasteiger partial charge on any atom is 0.159 e. The molecule has 0 radical (unpaired) electrons. The Balaban J connectivity index is 2.16. The van der Waals surface area contributed by atoms with Crippen molar-refractivity contribution < 1.29 is 4.79 Å². The zero-order valence-electron chi connectivity index (χ0n) is 10.3. The van der Waals surface area contributed by atoms with E-state index in [-0.39, 0.29) is 5.78 Å². The van der Waals surface area contributed by atoms with Gasteiger partial charge in [-0.1, -0.05) is 18.2 Å². The Morgan fingerprint density at radius 3 is 3.06 bits per heavy atom. The van der Waals surface area contributed by atoms with E-state index in [0.717, 1.165) is 31.5 Å². The average molecular weight is 232 g/mol. The van der Waals surface area contributed by atoms with Crippen molar-refractivity contribution in [2.45, 2.75) is 25.8 Å². The normalized spacial score (nSPS) is 24.6. The smallest absolute Gasteiger partial charge is 0.159 e. The second-order valence-electron chi connectivity index (χ2n) is 4.81. The fourth-order valence-corrected chi connectivity index (χ4v) is 2.44. The Bertz CT molecular complexity index is 403. The molecule has 2 unspecified atom stereocenters. The van der Waals surface area contributed by atoms with Crippen molar-refractivity contribution in [3.05, 3.63) is 35.4 Å². The minimum Gasteiger partial charge on any atom is -0.330 e. The molecule has 0 aliphatic carbocycles. The molecular formula is C14H20N2O. The number of carbonyl (C=O) groups excluding carboxylic acids is 1. The lowest BCUT2D eigenvalue weighted by Gasteiger charge is -2.30. The van der Waals surface area contributed by atoms with Gasteiger partial charge >= 0.3 is 0 Å². The molecule has 1 aromatic rings. The lowest BCUT2D eigenvalue weighted by molar-refractivity contribution is 0.101. The average Bonchev–Trinajstić information content (AvgIpc) is 2.39. The molecule has 3 nitrogen and oxygen atoms in total. The number of ketones is 1. The molecule has 1 aliphatic rings. The van der Waals surface area contributed by atoms with E-state index in [1.165, 1.54) is 5.56 Å². The fraction of sp³-hybridized carbons (Fsp3) is 0.500. The lowest BCUT2D eigenvalue weighted by Crippen LogP contribution is -2.34. The predicted octanol–water partition coefficient (Wildman–Crippen LogP) is 1.89.